The summed E-state index contributed by atoms with van der Waals surface area (Å²) in [5, 5.41) is 3.74. The maximum Gasteiger partial charge on any atom is 0.183 e. The third-order valence-corrected chi connectivity index (χ3v) is 1.92. The minimum Gasteiger partial charge on any atom is -0.358 e. The summed E-state index contributed by atoms with van der Waals surface area (Å²) in [6.07, 6.45) is 4.07. The molecule has 0 amide bonds. The number of aromatic nitrogens is 1. The van der Waals surface area contributed by atoms with Crippen molar-refractivity contribution in [3.63, 3.8) is 0 Å². The van der Waals surface area contributed by atoms with Crippen molar-refractivity contribution >= 4 is 22.8 Å². The highest BCUT2D eigenvalue weighted by Gasteiger charge is 1.97. The lowest BCUT2D eigenvalue weighted by molar-refractivity contribution is 0.112. The monoisotopic (exact) mass is 168 g/mol. The van der Waals surface area contributed by atoms with E-state index in [4.69, 9.17) is 0 Å². The predicted molar refractivity (Wildman–Crippen MR) is 46.2 cm³/mol. The largest absolute Gasteiger partial charge is 0.358 e. The Hall–Kier alpha value is -1.16. The Labute approximate surface area is 68.8 Å². The summed E-state index contributed by atoms with van der Waals surface area (Å²) in [6, 6.07) is 0. The first-order valence-electron chi connectivity index (χ1n) is 3.12. The van der Waals surface area contributed by atoms with Gasteiger partial charge in [0.1, 0.15) is 0 Å². The van der Waals surface area contributed by atoms with Crippen molar-refractivity contribution in [1.82, 2.24) is 4.98 Å². The molecule has 0 aliphatic heterocycles. The summed E-state index contributed by atoms with van der Waals surface area (Å²) in [4.78, 5) is 14.8. The highest BCUT2D eigenvalue weighted by Crippen LogP contribution is 2.15. The molecule has 1 rings (SSSR count). The third kappa shape index (κ3) is 2.16. The lowest BCUT2D eigenvalue weighted by Gasteiger charge is -1.93. The van der Waals surface area contributed by atoms with E-state index < -0.39 is 0 Å². The number of hydrogen-bond donors (Lipinski definition) is 1. The molecule has 0 bridgehead atoms. The molecule has 0 saturated carbocycles. The Balaban J connectivity index is 2.57. The van der Waals surface area contributed by atoms with Gasteiger partial charge in [0.15, 0.2) is 11.4 Å². The Morgan fingerprint density at radius 3 is 3.18 bits per heavy atom. The SMILES string of the molecule is C=CCNc1ncc(C=O)s1. The average Bonchev–Trinajstić information content (AvgIpc) is 2.48. The van der Waals surface area contributed by atoms with Crippen molar-refractivity contribution in [2.24, 2.45) is 0 Å². The van der Waals surface area contributed by atoms with Crippen molar-refractivity contribution in [3.8, 4) is 0 Å². The van der Waals surface area contributed by atoms with Crippen LogP contribution in [0.4, 0.5) is 5.13 Å². The quantitative estimate of drug-likeness (QED) is 0.548. The fourth-order valence-electron chi connectivity index (χ4n) is 0.582. The number of thiazole rings is 1. The fraction of sp³-hybridized carbons (Fsp3) is 0.143. The van der Waals surface area contributed by atoms with Crippen LogP contribution in [0.3, 0.4) is 0 Å². The van der Waals surface area contributed by atoms with Crippen LogP contribution in [-0.2, 0) is 0 Å². The number of anilines is 1. The summed E-state index contributed by atoms with van der Waals surface area (Å²) >= 11 is 1.33. The van der Waals surface area contributed by atoms with Crippen LogP contribution in [0.25, 0.3) is 0 Å². The molecule has 1 N–H and O–H groups in total. The number of hydrogen-bond acceptors (Lipinski definition) is 4. The van der Waals surface area contributed by atoms with Gasteiger partial charge in [0, 0.05) is 6.54 Å². The second kappa shape index (κ2) is 3.88. The highest BCUT2D eigenvalue weighted by molar-refractivity contribution is 7.17. The molecule has 0 saturated heterocycles. The second-order valence-electron chi connectivity index (χ2n) is 1.86. The first-order valence-corrected chi connectivity index (χ1v) is 3.94. The van der Waals surface area contributed by atoms with Crippen LogP contribution in [0.2, 0.25) is 0 Å². The van der Waals surface area contributed by atoms with Crippen molar-refractivity contribution < 1.29 is 4.79 Å². The predicted octanol–water partition coefficient (Wildman–Crippen LogP) is 1.55. The zero-order valence-electron chi connectivity index (χ0n) is 5.91. The van der Waals surface area contributed by atoms with Gasteiger partial charge in [0.2, 0.25) is 0 Å². The van der Waals surface area contributed by atoms with E-state index in [-0.39, 0.29) is 0 Å². The lowest BCUT2D eigenvalue weighted by Crippen LogP contribution is -1.95. The van der Waals surface area contributed by atoms with E-state index in [0.29, 0.717) is 11.4 Å². The summed E-state index contributed by atoms with van der Waals surface area (Å²) in [7, 11) is 0. The summed E-state index contributed by atoms with van der Waals surface area (Å²) in [6.45, 7) is 4.22. The van der Waals surface area contributed by atoms with E-state index in [2.05, 4.69) is 16.9 Å². The summed E-state index contributed by atoms with van der Waals surface area (Å²) < 4.78 is 0. The van der Waals surface area contributed by atoms with Gasteiger partial charge in [-0.1, -0.05) is 17.4 Å². The molecule has 0 aliphatic rings. The Morgan fingerprint density at radius 1 is 1.82 bits per heavy atom. The second-order valence-corrected chi connectivity index (χ2v) is 2.92. The van der Waals surface area contributed by atoms with Crippen LogP contribution >= 0.6 is 11.3 Å². The maximum absolute atomic E-state index is 10.2. The third-order valence-electron chi connectivity index (χ3n) is 1.04. The molecule has 4 heteroatoms. The minimum atomic E-state index is 0.636. The first-order chi connectivity index (χ1) is 5.36. The van der Waals surface area contributed by atoms with E-state index in [1.165, 1.54) is 11.3 Å². The fourth-order valence-corrected chi connectivity index (χ4v) is 1.22. The van der Waals surface area contributed by atoms with Crippen LogP contribution in [-0.4, -0.2) is 17.8 Å². The van der Waals surface area contributed by atoms with Gasteiger partial charge in [-0.2, -0.15) is 0 Å². The molecule has 11 heavy (non-hydrogen) atoms. The highest BCUT2D eigenvalue weighted by atomic mass is 32.1. The topological polar surface area (TPSA) is 42.0 Å². The smallest absolute Gasteiger partial charge is 0.183 e. The Kier molecular flexibility index (Phi) is 2.80. The van der Waals surface area contributed by atoms with Gasteiger partial charge in [-0.3, -0.25) is 4.79 Å². The summed E-state index contributed by atoms with van der Waals surface area (Å²) in [5.74, 6) is 0. The number of carbonyl (C=O) groups excluding carboxylic acids is 1. The van der Waals surface area contributed by atoms with E-state index in [9.17, 15) is 4.79 Å². The number of nitrogens with zero attached hydrogens (tertiary/aromatic N) is 1. The molecule has 0 spiro atoms. The number of aldehydes is 1. The van der Waals surface area contributed by atoms with Gasteiger partial charge < -0.3 is 5.32 Å². The molecule has 3 nitrogen and oxygen atoms in total. The van der Waals surface area contributed by atoms with Crippen LogP contribution in [0.5, 0.6) is 0 Å². The van der Waals surface area contributed by atoms with Gasteiger partial charge in [-0.05, 0) is 0 Å². The van der Waals surface area contributed by atoms with E-state index in [0.717, 1.165) is 11.4 Å². The maximum atomic E-state index is 10.2. The molecule has 58 valence electrons. The minimum absolute atomic E-state index is 0.636. The van der Waals surface area contributed by atoms with Crippen molar-refractivity contribution in [3.05, 3.63) is 23.7 Å². The van der Waals surface area contributed by atoms with Gasteiger partial charge in [-0.15, -0.1) is 6.58 Å². The zero-order chi connectivity index (χ0) is 8.10. The average molecular weight is 168 g/mol. The molecule has 1 aromatic heterocycles. The molecular weight excluding hydrogens is 160 g/mol. The molecule has 0 radical (unpaired) electrons. The molecule has 0 fully saturated rings. The van der Waals surface area contributed by atoms with Crippen LogP contribution in [0, 0.1) is 0 Å². The molecule has 1 aromatic rings. The molecule has 1 heterocycles. The number of carbonyl (C=O) groups is 1. The Bertz CT molecular complexity index is 257. The van der Waals surface area contributed by atoms with Gasteiger partial charge in [0.25, 0.3) is 0 Å². The van der Waals surface area contributed by atoms with Crippen LogP contribution in [0.1, 0.15) is 9.67 Å². The molecular formula is C7H8N2OS. The van der Waals surface area contributed by atoms with Crippen molar-refractivity contribution in [2.45, 2.75) is 0 Å². The molecule has 0 aliphatic carbocycles. The zero-order valence-corrected chi connectivity index (χ0v) is 6.73. The summed E-state index contributed by atoms with van der Waals surface area (Å²) in [5.41, 5.74) is 0. The molecule has 0 atom stereocenters. The van der Waals surface area contributed by atoms with Crippen LogP contribution in [0.15, 0.2) is 18.9 Å². The molecule has 0 unspecified atom stereocenters. The Morgan fingerprint density at radius 2 is 2.64 bits per heavy atom. The van der Waals surface area contributed by atoms with E-state index in [1.807, 2.05) is 0 Å². The lowest BCUT2D eigenvalue weighted by atomic mass is 10.6. The van der Waals surface area contributed by atoms with Gasteiger partial charge in [-0.25, -0.2) is 4.98 Å². The van der Waals surface area contributed by atoms with Crippen molar-refractivity contribution in [1.29, 1.82) is 0 Å². The number of rotatable bonds is 4. The van der Waals surface area contributed by atoms with Gasteiger partial charge >= 0.3 is 0 Å². The molecule has 0 aromatic carbocycles. The van der Waals surface area contributed by atoms with E-state index in [1.54, 1.807) is 12.3 Å². The first kappa shape index (κ1) is 7.94. The van der Waals surface area contributed by atoms with Crippen LogP contribution < -0.4 is 5.32 Å². The van der Waals surface area contributed by atoms with Gasteiger partial charge in [0.05, 0.1) is 11.1 Å². The standard InChI is InChI=1S/C7H8N2OS/c1-2-3-8-7-9-4-6(5-10)11-7/h2,4-5H,1,3H2,(H,8,9). The van der Waals surface area contributed by atoms with Crippen molar-refractivity contribution in [2.75, 3.05) is 11.9 Å². The normalized spacial score (nSPS) is 9.09. The van der Waals surface area contributed by atoms with E-state index >= 15 is 0 Å². The number of nitrogens with one attached hydrogen (secondary N) is 1.